The van der Waals surface area contributed by atoms with Gasteiger partial charge in [0, 0.05) is 5.69 Å². The number of hydrogen-bond donors (Lipinski definition) is 2. The first-order valence-corrected chi connectivity index (χ1v) is 9.50. The van der Waals surface area contributed by atoms with Crippen molar-refractivity contribution < 1.29 is 14.3 Å². The molecule has 0 aliphatic carbocycles. The Labute approximate surface area is 175 Å². The van der Waals surface area contributed by atoms with Gasteiger partial charge in [-0.05, 0) is 72.5 Å². The Morgan fingerprint density at radius 3 is 2.33 bits per heavy atom. The predicted molar refractivity (Wildman–Crippen MR) is 117 cm³/mol. The van der Waals surface area contributed by atoms with E-state index < -0.39 is 11.8 Å². The summed E-state index contributed by atoms with van der Waals surface area (Å²) in [6, 6.07) is 22.6. The summed E-state index contributed by atoms with van der Waals surface area (Å²) in [6.45, 7) is 4.40. The number of rotatable bonds is 6. The summed E-state index contributed by atoms with van der Waals surface area (Å²) in [6.07, 6.45) is 1.46. The maximum atomic E-state index is 12.0. The van der Waals surface area contributed by atoms with E-state index in [1.54, 1.807) is 6.07 Å². The fourth-order valence-corrected chi connectivity index (χ4v) is 2.61. The predicted octanol–water partition coefficient (Wildman–Crippen LogP) is 3.97. The minimum atomic E-state index is -0.840. The van der Waals surface area contributed by atoms with Gasteiger partial charge in [-0.3, -0.25) is 9.59 Å². The molecular weight excluding hydrogens is 378 g/mol. The van der Waals surface area contributed by atoms with Gasteiger partial charge in [-0.15, -0.1) is 0 Å². The van der Waals surface area contributed by atoms with Crippen LogP contribution in [0.5, 0.6) is 5.75 Å². The van der Waals surface area contributed by atoms with Crippen LogP contribution in [-0.2, 0) is 16.2 Å². The summed E-state index contributed by atoms with van der Waals surface area (Å²) < 4.78 is 5.73. The van der Waals surface area contributed by atoms with Gasteiger partial charge in [0.25, 0.3) is 0 Å². The van der Waals surface area contributed by atoms with Gasteiger partial charge in [0.2, 0.25) is 0 Å². The number of hydrazone groups is 1. The van der Waals surface area contributed by atoms with Crippen molar-refractivity contribution in [2.45, 2.75) is 20.5 Å². The van der Waals surface area contributed by atoms with Crippen LogP contribution in [0.25, 0.3) is 0 Å². The van der Waals surface area contributed by atoms with Crippen LogP contribution in [0.15, 0.2) is 77.9 Å². The van der Waals surface area contributed by atoms with Gasteiger partial charge in [0.15, 0.2) is 0 Å². The minimum absolute atomic E-state index is 0.486. The lowest BCUT2D eigenvalue weighted by atomic mass is 10.1. The third-order valence-corrected chi connectivity index (χ3v) is 4.48. The van der Waals surface area contributed by atoms with E-state index in [0.29, 0.717) is 12.3 Å². The molecule has 0 aromatic heterocycles. The summed E-state index contributed by atoms with van der Waals surface area (Å²) in [5, 5.41) is 6.38. The molecule has 30 heavy (non-hydrogen) atoms. The average Bonchev–Trinajstić information content (AvgIpc) is 2.76. The number of anilines is 1. The molecule has 2 N–H and O–H groups in total. The van der Waals surface area contributed by atoms with Crippen LogP contribution in [0.2, 0.25) is 0 Å². The van der Waals surface area contributed by atoms with E-state index in [0.717, 1.165) is 28.0 Å². The summed E-state index contributed by atoms with van der Waals surface area (Å²) >= 11 is 0. The second-order valence-corrected chi connectivity index (χ2v) is 6.80. The first kappa shape index (κ1) is 20.8. The summed E-state index contributed by atoms with van der Waals surface area (Å²) in [7, 11) is 0. The van der Waals surface area contributed by atoms with Crippen molar-refractivity contribution in [1.29, 1.82) is 0 Å². The van der Waals surface area contributed by atoms with Gasteiger partial charge in [-0.2, -0.15) is 5.10 Å². The molecule has 0 radical (unpaired) electrons. The van der Waals surface area contributed by atoms with E-state index in [1.165, 1.54) is 6.21 Å². The largest absolute Gasteiger partial charge is 0.489 e. The number of carbonyl (C=O) groups excluding carboxylic acids is 2. The topological polar surface area (TPSA) is 79.8 Å². The number of nitrogens with one attached hydrogen (secondary N) is 2. The molecule has 0 atom stereocenters. The second kappa shape index (κ2) is 10.0. The first-order chi connectivity index (χ1) is 14.5. The first-order valence-electron chi connectivity index (χ1n) is 9.50. The normalized spacial score (nSPS) is 10.6. The van der Waals surface area contributed by atoms with E-state index in [-0.39, 0.29) is 0 Å². The smallest absolute Gasteiger partial charge is 0.329 e. The molecular formula is C24H23N3O3. The zero-order valence-electron chi connectivity index (χ0n) is 16.9. The number of hydrogen-bond acceptors (Lipinski definition) is 4. The fraction of sp³-hybridized carbons (Fsp3) is 0.125. The van der Waals surface area contributed by atoms with Crippen LogP contribution in [0.4, 0.5) is 5.69 Å². The molecule has 152 valence electrons. The molecule has 6 nitrogen and oxygen atoms in total. The number of amides is 2. The lowest BCUT2D eigenvalue weighted by Crippen LogP contribution is -2.32. The monoisotopic (exact) mass is 401 g/mol. The summed E-state index contributed by atoms with van der Waals surface area (Å²) in [5.74, 6) is -0.889. The van der Waals surface area contributed by atoms with Gasteiger partial charge >= 0.3 is 11.8 Å². The lowest BCUT2D eigenvalue weighted by Gasteiger charge is -2.07. The quantitative estimate of drug-likeness (QED) is 0.373. The SMILES string of the molecule is Cc1ccc(NC(=O)C(=O)N/N=C/c2ccc(OCc3ccccc3)cc2)cc1C. The van der Waals surface area contributed by atoms with E-state index in [9.17, 15) is 9.59 Å². The second-order valence-electron chi connectivity index (χ2n) is 6.80. The molecule has 0 saturated carbocycles. The Kier molecular flexibility index (Phi) is 6.95. The molecule has 0 fully saturated rings. The molecule has 0 saturated heterocycles. The van der Waals surface area contributed by atoms with Gasteiger partial charge in [-0.25, -0.2) is 5.43 Å². The van der Waals surface area contributed by atoms with Crippen molar-refractivity contribution in [2.24, 2.45) is 5.10 Å². The summed E-state index contributed by atoms with van der Waals surface area (Å²) in [5.41, 5.74) is 6.78. The molecule has 0 bridgehead atoms. The molecule has 0 heterocycles. The molecule has 3 aromatic rings. The Balaban J connectivity index is 1.47. The van der Waals surface area contributed by atoms with E-state index in [1.807, 2.05) is 80.6 Å². The highest BCUT2D eigenvalue weighted by Crippen LogP contribution is 2.14. The zero-order chi connectivity index (χ0) is 21.3. The van der Waals surface area contributed by atoms with Crippen molar-refractivity contribution >= 4 is 23.7 Å². The Bertz CT molecular complexity index is 1050. The molecule has 3 rings (SSSR count). The van der Waals surface area contributed by atoms with E-state index in [2.05, 4.69) is 15.8 Å². The molecule has 0 unspecified atom stereocenters. The Morgan fingerprint density at radius 2 is 1.63 bits per heavy atom. The molecule has 3 aromatic carbocycles. The standard InChI is InChI=1S/C24H23N3O3/c1-17-8-11-21(14-18(17)2)26-23(28)24(29)27-25-15-19-9-12-22(13-10-19)30-16-20-6-4-3-5-7-20/h3-15H,16H2,1-2H3,(H,26,28)(H,27,29)/b25-15+. The highest BCUT2D eigenvalue weighted by atomic mass is 16.5. The van der Waals surface area contributed by atoms with Crippen LogP contribution in [0.1, 0.15) is 22.3 Å². The molecule has 0 aliphatic rings. The van der Waals surface area contributed by atoms with Crippen molar-refractivity contribution in [2.75, 3.05) is 5.32 Å². The van der Waals surface area contributed by atoms with Crippen LogP contribution in [0.3, 0.4) is 0 Å². The molecule has 2 amide bonds. The fourth-order valence-electron chi connectivity index (χ4n) is 2.61. The zero-order valence-corrected chi connectivity index (χ0v) is 16.9. The lowest BCUT2D eigenvalue weighted by molar-refractivity contribution is -0.136. The van der Waals surface area contributed by atoms with Crippen LogP contribution >= 0.6 is 0 Å². The maximum absolute atomic E-state index is 12.0. The Morgan fingerprint density at radius 1 is 0.900 bits per heavy atom. The average molecular weight is 401 g/mol. The van der Waals surface area contributed by atoms with Crippen LogP contribution in [0, 0.1) is 13.8 Å². The van der Waals surface area contributed by atoms with Gasteiger partial charge < -0.3 is 10.1 Å². The van der Waals surface area contributed by atoms with Crippen molar-refractivity contribution in [1.82, 2.24) is 5.43 Å². The number of nitrogens with zero attached hydrogens (tertiary/aromatic N) is 1. The van der Waals surface area contributed by atoms with Gasteiger partial charge in [0.05, 0.1) is 6.21 Å². The molecule has 0 spiro atoms. The van der Waals surface area contributed by atoms with E-state index in [4.69, 9.17) is 4.74 Å². The van der Waals surface area contributed by atoms with Crippen molar-refractivity contribution in [3.05, 3.63) is 95.1 Å². The van der Waals surface area contributed by atoms with Gasteiger partial charge in [0.1, 0.15) is 12.4 Å². The minimum Gasteiger partial charge on any atom is -0.489 e. The summed E-state index contributed by atoms with van der Waals surface area (Å²) in [4.78, 5) is 23.9. The number of aryl methyl sites for hydroxylation is 2. The Hall–Kier alpha value is -3.93. The third kappa shape index (κ3) is 6.04. The molecule has 0 aliphatic heterocycles. The van der Waals surface area contributed by atoms with Crippen LogP contribution in [-0.4, -0.2) is 18.0 Å². The van der Waals surface area contributed by atoms with Crippen molar-refractivity contribution in [3.63, 3.8) is 0 Å². The highest BCUT2D eigenvalue weighted by Gasteiger charge is 2.13. The number of carbonyl (C=O) groups is 2. The third-order valence-electron chi connectivity index (χ3n) is 4.48. The highest BCUT2D eigenvalue weighted by molar-refractivity contribution is 6.39. The van der Waals surface area contributed by atoms with Crippen molar-refractivity contribution in [3.8, 4) is 5.75 Å². The molecule has 6 heteroatoms. The van der Waals surface area contributed by atoms with E-state index >= 15 is 0 Å². The number of benzene rings is 3. The van der Waals surface area contributed by atoms with Crippen LogP contribution < -0.4 is 15.5 Å². The maximum Gasteiger partial charge on any atom is 0.329 e. The number of ether oxygens (including phenoxy) is 1. The van der Waals surface area contributed by atoms with Gasteiger partial charge in [-0.1, -0.05) is 36.4 Å².